The average molecular weight is 369 g/mol. The van der Waals surface area contributed by atoms with Gasteiger partial charge in [0.25, 0.3) is 0 Å². The SMILES string of the molecule is CC(C)(C)n1ncc2c1CCCC2NC(=O)C1(c2cccc(F)c2)CCC1. The van der Waals surface area contributed by atoms with Crippen LogP contribution in [0.3, 0.4) is 0 Å². The second kappa shape index (κ2) is 6.47. The maximum atomic E-state index is 13.7. The number of carbonyl (C=O) groups is 1. The van der Waals surface area contributed by atoms with Crippen molar-refractivity contribution in [2.24, 2.45) is 0 Å². The fraction of sp³-hybridized carbons (Fsp3) is 0.545. The van der Waals surface area contributed by atoms with E-state index in [9.17, 15) is 9.18 Å². The molecule has 1 heterocycles. The van der Waals surface area contributed by atoms with Gasteiger partial charge in [0.1, 0.15) is 5.82 Å². The molecule has 0 aliphatic heterocycles. The quantitative estimate of drug-likeness (QED) is 0.872. The molecular formula is C22H28FN3O. The summed E-state index contributed by atoms with van der Waals surface area (Å²) in [6.07, 6.45) is 7.43. The fourth-order valence-electron chi connectivity index (χ4n) is 4.54. The number of hydrogen-bond acceptors (Lipinski definition) is 2. The third-order valence-electron chi connectivity index (χ3n) is 6.14. The first-order valence-corrected chi connectivity index (χ1v) is 9.95. The summed E-state index contributed by atoms with van der Waals surface area (Å²) in [5.41, 5.74) is 2.51. The number of benzene rings is 1. The average Bonchev–Trinajstić information content (AvgIpc) is 2.99. The Morgan fingerprint density at radius 2 is 2.07 bits per heavy atom. The summed E-state index contributed by atoms with van der Waals surface area (Å²) in [6.45, 7) is 6.45. The maximum absolute atomic E-state index is 13.7. The van der Waals surface area contributed by atoms with E-state index < -0.39 is 5.41 Å². The van der Waals surface area contributed by atoms with Crippen LogP contribution in [0.15, 0.2) is 30.5 Å². The summed E-state index contributed by atoms with van der Waals surface area (Å²) in [6, 6.07) is 6.52. The molecule has 4 rings (SSSR count). The highest BCUT2D eigenvalue weighted by Crippen LogP contribution is 2.45. The summed E-state index contributed by atoms with van der Waals surface area (Å²) >= 11 is 0. The van der Waals surface area contributed by atoms with Gasteiger partial charge in [-0.25, -0.2) is 4.39 Å². The predicted molar refractivity (Wildman–Crippen MR) is 103 cm³/mol. The van der Waals surface area contributed by atoms with Crippen LogP contribution in [0.5, 0.6) is 0 Å². The zero-order chi connectivity index (χ0) is 19.2. The Bertz CT molecular complexity index is 861. The summed E-state index contributed by atoms with van der Waals surface area (Å²) < 4.78 is 15.8. The van der Waals surface area contributed by atoms with Crippen LogP contribution in [0.25, 0.3) is 0 Å². The second-order valence-corrected chi connectivity index (χ2v) is 8.99. The maximum Gasteiger partial charge on any atom is 0.231 e. The molecule has 1 saturated carbocycles. The number of nitrogens with zero attached hydrogens (tertiary/aromatic N) is 2. The highest BCUT2D eigenvalue weighted by Gasteiger charge is 2.46. The van der Waals surface area contributed by atoms with Gasteiger partial charge < -0.3 is 5.32 Å². The minimum Gasteiger partial charge on any atom is -0.348 e. The largest absolute Gasteiger partial charge is 0.348 e. The number of rotatable bonds is 3. The molecule has 2 aliphatic rings. The molecule has 1 aromatic carbocycles. The van der Waals surface area contributed by atoms with Crippen molar-refractivity contribution in [3.63, 3.8) is 0 Å². The summed E-state index contributed by atoms with van der Waals surface area (Å²) in [4.78, 5) is 13.3. The van der Waals surface area contributed by atoms with E-state index in [1.54, 1.807) is 6.07 Å². The molecule has 0 radical (unpaired) electrons. The third-order valence-corrected chi connectivity index (χ3v) is 6.14. The number of hydrogen-bond donors (Lipinski definition) is 1. The van der Waals surface area contributed by atoms with Crippen LogP contribution in [0.2, 0.25) is 0 Å². The number of halogens is 1. The molecule has 1 atom stereocenters. The number of aromatic nitrogens is 2. The van der Waals surface area contributed by atoms with E-state index in [1.165, 1.54) is 17.8 Å². The molecule has 1 unspecified atom stereocenters. The van der Waals surface area contributed by atoms with Crippen molar-refractivity contribution in [2.45, 2.75) is 76.3 Å². The van der Waals surface area contributed by atoms with Crippen LogP contribution >= 0.6 is 0 Å². The Morgan fingerprint density at radius 3 is 2.70 bits per heavy atom. The molecule has 1 aromatic heterocycles. The van der Waals surface area contributed by atoms with Crippen molar-refractivity contribution in [3.05, 3.63) is 53.1 Å². The predicted octanol–water partition coefficient (Wildman–Crippen LogP) is 4.39. The van der Waals surface area contributed by atoms with Gasteiger partial charge in [-0.05, 0) is 70.6 Å². The van der Waals surface area contributed by atoms with Crippen LogP contribution < -0.4 is 5.32 Å². The van der Waals surface area contributed by atoms with Crippen molar-refractivity contribution >= 4 is 5.91 Å². The lowest BCUT2D eigenvalue weighted by atomic mass is 9.63. The van der Waals surface area contributed by atoms with Gasteiger partial charge in [0.05, 0.1) is 23.2 Å². The normalized spacial score (nSPS) is 21.3. The number of fused-ring (bicyclic) bond motifs is 1. The minimum atomic E-state index is -0.584. The van der Waals surface area contributed by atoms with E-state index in [4.69, 9.17) is 0 Å². The monoisotopic (exact) mass is 369 g/mol. The van der Waals surface area contributed by atoms with Gasteiger partial charge in [-0.2, -0.15) is 5.10 Å². The highest BCUT2D eigenvalue weighted by molar-refractivity contribution is 5.89. The van der Waals surface area contributed by atoms with Crippen molar-refractivity contribution in [1.29, 1.82) is 0 Å². The van der Waals surface area contributed by atoms with Crippen LogP contribution in [0.1, 0.15) is 75.7 Å². The zero-order valence-electron chi connectivity index (χ0n) is 16.4. The first kappa shape index (κ1) is 18.2. The van der Waals surface area contributed by atoms with E-state index in [0.717, 1.165) is 49.7 Å². The summed E-state index contributed by atoms with van der Waals surface area (Å²) in [5, 5.41) is 7.89. The first-order valence-electron chi connectivity index (χ1n) is 9.95. The first-order chi connectivity index (χ1) is 12.8. The minimum absolute atomic E-state index is 0.0108. The van der Waals surface area contributed by atoms with Gasteiger partial charge in [0.15, 0.2) is 0 Å². The molecule has 1 N–H and O–H groups in total. The Labute approximate surface area is 160 Å². The smallest absolute Gasteiger partial charge is 0.231 e. The third kappa shape index (κ3) is 3.07. The molecule has 27 heavy (non-hydrogen) atoms. The van der Waals surface area contributed by atoms with E-state index in [1.807, 2.05) is 12.3 Å². The van der Waals surface area contributed by atoms with Gasteiger partial charge in [0.2, 0.25) is 5.91 Å². The van der Waals surface area contributed by atoms with Crippen LogP contribution in [0, 0.1) is 5.82 Å². The second-order valence-electron chi connectivity index (χ2n) is 8.99. The van der Waals surface area contributed by atoms with Gasteiger partial charge in [0, 0.05) is 11.3 Å². The molecule has 0 bridgehead atoms. The molecule has 4 nitrogen and oxygen atoms in total. The fourth-order valence-corrected chi connectivity index (χ4v) is 4.54. The van der Waals surface area contributed by atoms with Crippen molar-refractivity contribution in [1.82, 2.24) is 15.1 Å². The number of nitrogens with one attached hydrogen (secondary N) is 1. The molecule has 0 spiro atoms. The molecule has 144 valence electrons. The Hall–Kier alpha value is -2.17. The summed E-state index contributed by atoms with van der Waals surface area (Å²) in [5.74, 6) is -0.251. The van der Waals surface area contributed by atoms with E-state index in [-0.39, 0.29) is 23.3 Å². The van der Waals surface area contributed by atoms with Gasteiger partial charge in [-0.15, -0.1) is 0 Å². The van der Waals surface area contributed by atoms with Crippen LogP contribution in [-0.4, -0.2) is 15.7 Å². The van der Waals surface area contributed by atoms with Gasteiger partial charge in [-0.3, -0.25) is 9.48 Å². The molecule has 2 aliphatic carbocycles. The van der Waals surface area contributed by atoms with Crippen molar-refractivity contribution in [3.8, 4) is 0 Å². The van der Waals surface area contributed by atoms with Crippen molar-refractivity contribution in [2.75, 3.05) is 0 Å². The number of carbonyl (C=O) groups excluding carboxylic acids is 1. The van der Waals surface area contributed by atoms with E-state index in [2.05, 4.69) is 35.9 Å². The van der Waals surface area contributed by atoms with Gasteiger partial charge in [-0.1, -0.05) is 18.6 Å². The van der Waals surface area contributed by atoms with E-state index >= 15 is 0 Å². The Balaban J connectivity index is 1.60. The molecule has 2 aromatic rings. The topological polar surface area (TPSA) is 46.9 Å². The van der Waals surface area contributed by atoms with E-state index in [0.29, 0.717) is 0 Å². The van der Waals surface area contributed by atoms with Crippen molar-refractivity contribution < 1.29 is 9.18 Å². The highest BCUT2D eigenvalue weighted by atomic mass is 19.1. The molecule has 1 fully saturated rings. The Morgan fingerprint density at radius 1 is 1.30 bits per heavy atom. The standard InChI is InChI=1S/C22H28FN3O/c1-21(2,3)26-19-10-5-9-18(17(19)14-24-26)25-20(27)22(11-6-12-22)15-7-4-8-16(23)13-15/h4,7-8,13-14,18H,5-6,9-12H2,1-3H3,(H,25,27). The lowest BCUT2D eigenvalue weighted by Gasteiger charge is -2.42. The van der Waals surface area contributed by atoms with Gasteiger partial charge >= 0.3 is 0 Å². The lowest BCUT2D eigenvalue weighted by Crippen LogP contribution is -2.50. The zero-order valence-corrected chi connectivity index (χ0v) is 16.4. The lowest BCUT2D eigenvalue weighted by molar-refractivity contribution is -0.130. The molecule has 5 heteroatoms. The summed E-state index contributed by atoms with van der Waals surface area (Å²) in [7, 11) is 0. The molecule has 0 saturated heterocycles. The van der Waals surface area contributed by atoms with Crippen LogP contribution in [0.4, 0.5) is 4.39 Å². The molecular weight excluding hydrogens is 341 g/mol. The van der Waals surface area contributed by atoms with Crippen LogP contribution in [-0.2, 0) is 22.2 Å². The number of amides is 1. The Kier molecular flexibility index (Phi) is 4.36. The molecule has 1 amide bonds.